The molecule has 0 aromatic carbocycles. The van der Waals surface area contributed by atoms with Crippen molar-refractivity contribution in [1.29, 1.82) is 0 Å². The van der Waals surface area contributed by atoms with E-state index in [0.29, 0.717) is 6.04 Å². The van der Waals surface area contributed by atoms with Crippen molar-refractivity contribution in [2.75, 3.05) is 39.3 Å². The van der Waals surface area contributed by atoms with Crippen molar-refractivity contribution in [3.63, 3.8) is 0 Å². The lowest BCUT2D eigenvalue weighted by molar-refractivity contribution is -0.127. The van der Waals surface area contributed by atoms with Crippen molar-refractivity contribution < 1.29 is 4.79 Å². The first-order valence-electron chi connectivity index (χ1n) is 8.23. The number of piperazine rings is 1. The highest BCUT2D eigenvalue weighted by molar-refractivity contribution is 5.81. The fourth-order valence-corrected chi connectivity index (χ4v) is 3.91. The predicted octanol–water partition coefficient (Wildman–Crippen LogP) is 0.0231. The Morgan fingerprint density at radius 2 is 2.00 bits per heavy atom. The topological polar surface area (TPSA) is 47.6 Å². The summed E-state index contributed by atoms with van der Waals surface area (Å²) in [4.78, 5) is 17.3. The second-order valence-electron chi connectivity index (χ2n) is 6.52. The summed E-state index contributed by atoms with van der Waals surface area (Å²) in [6.45, 7) is 8.44. The smallest absolute Gasteiger partial charge is 0.237 e. The molecule has 1 amide bonds. The quantitative estimate of drug-likeness (QED) is 0.765. The number of amides is 1. The summed E-state index contributed by atoms with van der Waals surface area (Å²) < 4.78 is 0. The number of carbonyl (C=O) groups is 1. The summed E-state index contributed by atoms with van der Waals surface area (Å²) >= 11 is 0. The summed E-state index contributed by atoms with van der Waals surface area (Å²) in [5.74, 6) is 0.225. The molecule has 3 fully saturated rings. The summed E-state index contributed by atoms with van der Waals surface area (Å²) in [7, 11) is 0. The van der Waals surface area contributed by atoms with E-state index in [1.54, 1.807) is 0 Å². The van der Waals surface area contributed by atoms with Crippen molar-refractivity contribution >= 4 is 5.91 Å². The molecule has 3 atom stereocenters. The molecule has 0 bridgehead atoms. The minimum Gasteiger partial charge on any atom is -0.352 e. The van der Waals surface area contributed by atoms with Crippen LogP contribution >= 0.6 is 0 Å². The molecular formula is C15H28N4O. The van der Waals surface area contributed by atoms with Gasteiger partial charge in [0, 0.05) is 44.8 Å². The zero-order chi connectivity index (χ0) is 13.9. The number of fused-ring (bicyclic) bond motifs is 1. The molecule has 5 nitrogen and oxygen atoms in total. The van der Waals surface area contributed by atoms with Crippen molar-refractivity contribution in [3.8, 4) is 0 Å². The van der Waals surface area contributed by atoms with Gasteiger partial charge in [0.15, 0.2) is 0 Å². The number of hydrogen-bond donors (Lipinski definition) is 2. The van der Waals surface area contributed by atoms with Gasteiger partial charge >= 0.3 is 0 Å². The van der Waals surface area contributed by atoms with Gasteiger partial charge in [-0.15, -0.1) is 0 Å². The van der Waals surface area contributed by atoms with Gasteiger partial charge in [0.1, 0.15) is 0 Å². The van der Waals surface area contributed by atoms with E-state index >= 15 is 0 Å². The molecule has 5 heteroatoms. The van der Waals surface area contributed by atoms with Gasteiger partial charge in [-0.3, -0.25) is 9.69 Å². The third kappa shape index (κ3) is 3.15. The Morgan fingerprint density at radius 3 is 2.80 bits per heavy atom. The second kappa shape index (κ2) is 6.41. The van der Waals surface area contributed by atoms with Crippen LogP contribution in [0, 0.1) is 0 Å². The Hall–Kier alpha value is -0.650. The van der Waals surface area contributed by atoms with E-state index < -0.39 is 0 Å². The maximum Gasteiger partial charge on any atom is 0.237 e. The fraction of sp³-hybridized carbons (Fsp3) is 0.933. The molecule has 3 aliphatic heterocycles. The van der Waals surface area contributed by atoms with Gasteiger partial charge < -0.3 is 15.5 Å². The second-order valence-corrected chi connectivity index (χ2v) is 6.52. The molecule has 0 saturated carbocycles. The molecule has 3 rings (SSSR count). The number of nitrogens with zero attached hydrogens (tertiary/aromatic N) is 2. The predicted molar refractivity (Wildman–Crippen MR) is 79.7 cm³/mol. The van der Waals surface area contributed by atoms with E-state index in [-0.39, 0.29) is 11.9 Å². The summed E-state index contributed by atoms with van der Waals surface area (Å²) in [5.41, 5.74) is 0. The first-order chi connectivity index (χ1) is 9.74. The van der Waals surface area contributed by atoms with E-state index in [9.17, 15) is 4.79 Å². The average Bonchev–Trinajstić information content (AvgIpc) is 2.95. The van der Waals surface area contributed by atoms with Crippen LogP contribution in [0.1, 0.15) is 32.6 Å². The third-order valence-electron chi connectivity index (χ3n) is 5.25. The third-order valence-corrected chi connectivity index (χ3v) is 5.25. The van der Waals surface area contributed by atoms with Gasteiger partial charge in [-0.2, -0.15) is 0 Å². The Morgan fingerprint density at radius 1 is 1.20 bits per heavy atom. The van der Waals surface area contributed by atoms with Crippen LogP contribution in [0.15, 0.2) is 0 Å². The zero-order valence-electron chi connectivity index (χ0n) is 12.6. The van der Waals surface area contributed by atoms with E-state index in [2.05, 4.69) is 20.4 Å². The van der Waals surface area contributed by atoms with Crippen LogP contribution in [-0.4, -0.2) is 73.1 Å². The van der Waals surface area contributed by atoms with Gasteiger partial charge in [-0.05, 0) is 39.2 Å². The lowest BCUT2D eigenvalue weighted by Crippen LogP contribution is -2.55. The Bertz CT molecular complexity index is 343. The molecule has 0 radical (unpaired) electrons. The lowest BCUT2D eigenvalue weighted by atomic mass is 9.97. The Kier molecular flexibility index (Phi) is 4.58. The molecule has 0 aromatic heterocycles. The molecule has 20 heavy (non-hydrogen) atoms. The van der Waals surface area contributed by atoms with Gasteiger partial charge in [0.25, 0.3) is 0 Å². The van der Waals surface area contributed by atoms with Gasteiger partial charge in [-0.25, -0.2) is 0 Å². The van der Waals surface area contributed by atoms with Crippen molar-refractivity contribution in [1.82, 2.24) is 20.4 Å². The van der Waals surface area contributed by atoms with Crippen molar-refractivity contribution in [2.24, 2.45) is 0 Å². The van der Waals surface area contributed by atoms with Crippen LogP contribution in [0.25, 0.3) is 0 Å². The largest absolute Gasteiger partial charge is 0.352 e. The summed E-state index contributed by atoms with van der Waals surface area (Å²) in [6.07, 6.45) is 4.93. The minimum atomic E-state index is 0.0127. The van der Waals surface area contributed by atoms with Crippen LogP contribution in [-0.2, 0) is 4.79 Å². The molecule has 3 unspecified atom stereocenters. The number of carbonyl (C=O) groups excluding carboxylic acids is 1. The molecule has 0 aromatic rings. The molecular weight excluding hydrogens is 252 g/mol. The van der Waals surface area contributed by atoms with Crippen LogP contribution in [0.2, 0.25) is 0 Å². The highest BCUT2D eigenvalue weighted by Crippen LogP contribution is 2.26. The van der Waals surface area contributed by atoms with Gasteiger partial charge in [0.05, 0.1) is 6.04 Å². The number of rotatable bonds is 3. The van der Waals surface area contributed by atoms with E-state index in [1.807, 2.05) is 6.92 Å². The lowest BCUT2D eigenvalue weighted by Gasteiger charge is -2.37. The first kappa shape index (κ1) is 14.3. The molecule has 2 N–H and O–H groups in total. The molecule has 0 aliphatic carbocycles. The normalized spacial score (nSPS) is 33.6. The Labute approximate surface area is 122 Å². The zero-order valence-corrected chi connectivity index (χ0v) is 12.6. The van der Waals surface area contributed by atoms with E-state index in [4.69, 9.17) is 0 Å². The molecule has 3 aliphatic rings. The highest BCUT2D eigenvalue weighted by Gasteiger charge is 2.33. The number of piperidine rings is 1. The molecule has 3 heterocycles. The molecule has 3 saturated heterocycles. The summed E-state index contributed by atoms with van der Waals surface area (Å²) in [6, 6.07) is 1.13. The van der Waals surface area contributed by atoms with Crippen LogP contribution < -0.4 is 10.6 Å². The number of hydrogen-bond acceptors (Lipinski definition) is 4. The van der Waals surface area contributed by atoms with Crippen molar-refractivity contribution in [3.05, 3.63) is 0 Å². The minimum absolute atomic E-state index is 0.0127. The summed E-state index contributed by atoms with van der Waals surface area (Å²) in [5, 5.41) is 6.64. The van der Waals surface area contributed by atoms with Crippen LogP contribution in [0.5, 0.6) is 0 Å². The molecule has 114 valence electrons. The fourth-order valence-electron chi connectivity index (χ4n) is 3.91. The monoisotopic (exact) mass is 280 g/mol. The highest BCUT2D eigenvalue weighted by atomic mass is 16.2. The first-order valence-corrected chi connectivity index (χ1v) is 8.23. The van der Waals surface area contributed by atoms with Gasteiger partial charge in [0.2, 0.25) is 5.91 Å². The average molecular weight is 280 g/mol. The van der Waals surface area contributed by atoms with E-state index in [1.165, 1.54) is 19.4 Å². The Balaban J connectivity index is 1.48. The van der Waals surface area contributed by atoms with Gasteiger partial charge in [-0.1, -0.05) is 0 Å². The SMILES string of the molecule is CC(C(=O)NC1CCN2CCCC2C1)N1CCNCC1. The van der Waals surface area contributed by atoms with Crippen LogP contribution in [0.3, 0.4) is 0 Å². The van der Waals surface area contributed by atoms with Crippen molar-refractivity contribution in [2.45, 2.75) is 50.7 Å². The van der Waals surface area contributed by atoms with Crippen LogP contribution in [0.4, 0.5) is 0 Å². The standard InChI is InChI=1S/C15H28N4O/c1-12(18-9-5-16-6-10-18)15(20)17-13-4-8-19-7-2-3-14(19)11-13/h12-14,16H,2-11H2,1H3,(H,17,20). The van der Waals surface area contributed by atoms with E-state index in [0.717, 1.165) is 51.6 Å². The maximum atomic E-state index is 12.4. The molecule has 0 spiro atoms. The number of nitrogens with one attached hydrogen (secondary N) is 2. The maximum absolute atomic E-state index is 12.4.